The molecule has 0 spiro atoms. The largest absolute Gasteiger partial charge is 0.310 e. The highest BCUT2D eigenvalue weighted by molar-refractivity contribution is 6.30. The summed E-state index contributed by atoms with van der Waals surface area (Å²) in [5.74, 6) is 0.943. The minimum absolute atomic E-state index is 0.0927. The van der Waals surface area contributed by atoms with E-state index < -0.39 is 0 Å². The van der Waals surface area contributed by atoms with Gasteiger partial charge < -0.3 is 5.32 Å². The molecular weight excluding hydrogens is 322 g/mol. The predicted octanol–water partition coefficient (Wildman–Crippen LogP) is 4.95. The van der Waals surface area contributed by atoms with Gasteiger partial charge in [0.15, 0.2) is 0 Å². The Morgan fingerprint density at radius 3 is 2.42 bits per heavy atom. The lowest BCUT2D eigenvalue weighted by Crippen LogP contribution is -2.22. The smallest absolute Gasteiger partial charge is 0.228 e. The molecule has 0 aliphatic heterocycles. The number of anilines is 1. The van der Waals surface area contributed by atoms with Crippen LogP contribution in [-0.4, -0.2) is 15.7 Å². The molecule has 1 amide bonds. The van der Waals surface area contributed by atoms with Crippen molar-refractivity contribution in [1.29, 1.82) is 0 Å². The second-order valence-electron chi connectivity index (χ2n) is 7.52. The van der Waals surface area contributed by atoms with Gasteiger partial charge in [0.05, 0.1) is 11.4 Å². The number of carbonyl (C=O) groups excluding carboxylic acids is 1. The first-order valence-electron chi connectivity index (χ1n) is 8.52. The zero-order valence-corrected chi connectivity index (χ0v) is 15.2. The highest BCUT2D eigenvalue weighted by atomic mass is 35.5. The van der Waals surface area contributed by atoms with Crippen LogP contribution >= 0.6 is 11.6 Å². The maximum Gasteiger partial charge on any atom is 0.228 e. The summed E-state index contributed by atoms with van der Waals surface area (Å²) in [6, 6.07) is 9.46. The Morgan fingerprint density at radius 2 is 1.83 bits per heavy atom. The molecule has 1 N–H and O–H groups in total. The van der Waals surface area contributed by atoms with Crippen molar-refractivity contribution < 1.29 is 4.79 Å². The lowest BCUT2D eigenvalue weighted by molar-refractivity contribution is -0.119. The molecule has 2 aromatic rings. The van der Waals surface area contributed by atoms with Gasteiger partial charge in [-0.2, -0.15) is 5.10 Å². The van der Waals surface area contributed by atoms with E-state index in [1.807, 2.05) is 30.3 Å². The SMILES string of the molecule is CC(C)(C)c1cc(NC(=O)C2CCCC2)n(-c2ccc(Cl)cc2)n1. The molecular formula is C19H24ClN3O. The van der Waals surface area contributed by atoms with E-state index in [0.29, 0.717) is 5.02 Å². The van der Waals surface area contributed by atoms with Crippen molar-refractivity contribution in [2.45, 2.75) is 51.9 Å². The third-order valence-electron chi connectivity index (χ3n) is 4.53. The van der Waals surface area contributed by atoms with Crippen molar-refractivity contribution in [3.05, 3.63) is 41.0 Å². The zero-order chi connectivity index (χ0) is 17.3. The maximum absolute atomic E-state index is 12.5. The summed E-state index contributed by atoms with van der Waals surface area (Å²) in [4.78, 5) is 12.5. The van der Waals surface area contributed by atoms with E-state index in [0.717, 1.165) is 42.9 Å². The van der Waals surface area contributed by atoms with Crippen LogP contribution < -0.4 is 5.32 Å². The van der Waals surface area contributed by atoms with Crippen molar-refractivity contribution in [2.75, 3.05) is 5.32 Å². The molecule has 0 atom stereocenters. The molecule has 0 radical (unpaired) electrons. The van der Waals surface area contributed by atoms with Gasteiger partial charge >= 0.3 is 0 Å². The Balaban J connectivity index is 1.95. The fourth-order valence-corrected chi connectivity index (χ4v) is 3.16. The van der Waals surface area contributed by atoms with E-state index in [1.54, 1.807) is 4.68 Å². The van der Waals surface area contributed by atoms with Crippen LogP contribution in [0, 0.1) is 5.92 Å². The molecule has 1 fully saturated rings. The number of benzene rings is 1. The quantitative estimate of drug-likeness (QED) is 0.855. The van der Waals surface area contributed by atoms with Gasteiger partial charge in [-0.25, -0.2) is 4.68 Å². The molecule has 4 nitrogen and oxygen atoms in total. The number of rotatable bonds is 3. The summed E-state index contributed by atoms with van der Waals surface area (Å²) in [5, 5.41) is 8.49. The van der Waals surface area contributed by atoms with Crippen LogP contribution in [0.5, 0.6) is 0 Å². The van der Waals surface area contributed by atoms with E-state index in [2.05, 4.69) is 26.1 Å². The van der Waals surface area contributed by atoms with Crippen LogP contribution in [0.4, 0.5) is 5.82 Å². The van der Waals surface area contributed by atoms with Gasteiger partial charge in [-0.3, -0.25) is 4.79 Å². The molecule has 1 aromatic heterocycles. The van der Waals surface area contributed by atoms with Gasteiger partial charge in [-0.05, 0) is 37.1 Å². The number of aromatic nitrogens is 2. The van der Waals surface area contributed by atoms with Crippen LogP contribution in [0.2, 0.25) is 5.02 Å². The normalized spacial score (nSPS) is 15.7. The van der Waals surface area contributed by atoms with Gasteiger partial charge in [0.1, 0.15) is 5.82 Å². The summed E-state index contributed by atoms with van der Waals surface area (Å²) < 4.78 is 1.80. The molecule has 5 heteroatoms. The Hall–Kier alpha value is -1.81. The fraction of sp³-hybridized carbons (Fsp3) is 0.474. The molecule has 0 saturated heterocycles. The summed E-state index contributed by atoms with van der Waals surface area (Å²) in [7, 11) is 0. The molecule has 128 valence electrons. The van der Waals surface area contributed by atoms with Gasteiger partial charge in [0.25, 0.3) is 0 Å². The second-order valence-corrected chi connectivity index (χ2v) is 7.96. The molecule has 0 unspecified atom stereocenters. The Bertz CT molecular complexity index is 722. The number of carbonyl (C=O) groups is 1. The molecule has 1 aliphatic carbocycles. The van der Waals surface area contributed by atoms with E-state index in [4.69, 9.17) is 16.7 Å². The zero-order valence-electron chi connectivity index (χ0n) is 14.5. The first-order valence-corrected chi connectivity index (χ1v) is 8.90. The Kier molecular flexibility index (Phi) is 4.68. The van der Waals surface area contributed by atoms with Crippen LogP contribution in [0.15, 0.2) is 30.3 Å². The topological polar surface area (TPSA) is 46.9 Å². The van der Waals surface area contributed by atoms with Crippen molar-refractivity contribution in [2.24, 2.45) is 5.92 Å². The van der Waals surface area contributed by atoms with Crippen LogP contribution in [0.1, 0.15) is 52.1 Å². The van der Waals surface area contributed by atoms with Crippen molar-refractivity contribution in [1.82, 2.24) is 9.78 Å². The average Bonchev–Trinajstić information content (AvgIpc) is 3.16. The molecule has 0 bridgehead atoms. The van der Waals surface area contributed by atoms with Gasteiger partial charge in [0, 0.05) is 22.4 Å². The molecule has 1 aliphatic rings. The average molecular weight is 346 g/mol. The van der Waals surface area contributed by atoms with E-state index >= 15 is 0 Å². The predicted molar refractivity (Wildman–Crippen MR) is 97.9 cm³/mol. The van der Waals surface area contributed by atoms with Crippen molar-refractivity contribution in [3.8, 4) is 5.69 Å². The monoisotopic (exact) mass is 345 g/mol. The second kappa shape index (κ2) is 6.60. The van der Waals surface area contributed by atoms with Crippen LogP contribution in [-0.2, 0) is 10.2 Å². The number of halogens is 1. The summed E-state index contributed by atoms with van der Waals surface area (Å²) in [5.41, 5.74) is 1.74. The van der Waals surface area contributed by atoms with Crippen molar-refractivity contribution >= 4 is 23.3 Å². The maximum atomic E-state index is 12.5. The van der Waals surface area contributed by atoms with E-state index in [9.17, 15) is 4.79 Å². The number of nitrogens with zero attached hydrogens (tertiary/aromatic N) is 2. The summed E-state index contributed by atoms with van der Waals surface area (Å²) >= 11 is 5.99. The first-order chi connectivity index (χ1) is 11.3. The lowest BCUT2D eigenvalue weighted by atomic mass is 9.92. The molecule has 1 aromatic carbocycles. The number of amides is 1. The molecule has 3 rings (SSSR count). The number of hydrogen-bond donors (Lipinski definition) is 1. The summed E-state index contributed by atoms with van der Waals surface area (Å²) in [6.07, 6.45) is 4.24. The molecule has 1 heterocycles. The van der Waals surface area contributed by atoms with Crippen molar-refractivity contribution in [3.63, 3.8) is 0 Å². The first kappa shape index (κ1) is 17.0. The highest BCUT2D eigenvalue weighted by Crippen LogP contribution is 2.29. The molecule has 24 heavy (non-hydrogen) atoms. The third kappa shape index (κ3) is 3.64. The standard InChI is InChI=1S/C19H24ClN3O/c1-19(2,3)16-12-17(21-18(24)13-6-4-5-7-13)23(22-16)15-10-8-14(20)9-11-15/h8-13H,4-7H2,1-3H3,(H,21,24). The van der Waals surface area contributed by atoms with E-state index in [-0.39, 0.29) is 17.2 Å². The Morgan fingerprint density at radius 1 is 1.21 bits per heavy atom. The Labute approximate surface area is 148 Å². The van der Waals surface area contributed by atoms with Gasteiger partial charge in [-0.15, -0.1) is 0 Å². The summed E-state index contributed by atoms with van der Waals surface area (Å²) in [6.45, 7) is 6.35. The lowest BCUT2D eigenvalue weighted by Gasteiger charge is -2.14. The van der Waals surface area contributed by atoms with Gasteiger partial charge in [-0.1, -0.05) is 45.2 Å². The minimum atomic E-state index is -0.0927. The van der Waals surface area contributed by atoms with Crippen LogP contribution in [0.3, 0.4) is 0 Å². The minimum Gasteiger partial charge on any atom is -0.310 e. The van der Waals surface area contributed by atoms with E-state index in [1.165, 1.54) is 0 Å². The van der Waals surface area contributed by atoms with Gasteiger partial charge in [0.2, 0.25) is 5.91 Å². The number of hydrogen-bond acceptors (Lipinski definition) is 2. The number of nitrogens with one attached hydrogen (secondary N) is 1. The van der Waals surface area contributed by atoms with Crippen LogP contribution in [0.25, 0.3) is 5.69 Å². The highest BCUT2D eigenvalue weighted by Gasteiger charge is 2.26. The fourth-order valence-electron chi connectivity index (χ4n) is 3.03. The third-order valence-corrected chi connectivity index (χ3v) is 4.78. The molecule has 1 saturated carbocycles.